The van der Waals surface area contributed by atoms with Crippen molar-refractivity contribution in [3.05, 3.63) is 53.6 Å². The first-order chi connectivity index (χ1) is 9.66. The lowest BCUT2D eigenvalue weighted by Gasteiger charge is -2.27. The van der Waals surface area contributed by atoms with Crippen LogP contribution >= 0.6 is 11.6 Å². The van der Waals surface area contributed by atoms with Gasteiger partial charge in [0, 0.05) is 23.8 Å². The highest BCUT2D eigenvalue weighted by Crippen LogP contribution is 2.40. The van der Waals surface area contributed by atoms with Crippen LogP contribution in [0.4, 0.5) is 0 Å². The van der Waals surface area contributed by atoms with Crippen molar-refractivity contribution < 1.29 is 9.53 Å². The molecule has 2 heterocycles. The summed E-state index contributed by atoms with van der Waals surface area (Å²) in [6.07, 6.45) is 6.47. The molecule has 1 saturated heterocycles. The van der Waals surface area contributed by atoms with E-state index >= 15 is 0 Å². The topological polar surface area (TPSA) is 44.1 Å². The summed E-state index contributed by atoms with van der Waals surface area (Å²) >= 11 is 5.95. The number of nitrogens with zero attached hydrogens (tertiary/aromatic N) is 2. The number of hydrogen-bond acceptors (Lipinski definition) is 3. The summed E-state index contributed by atoms with van der Waals surface area (Å²) < 4.78 is 7.34. The molecule has 1 fully saturated rings. The molecule has 1 aliphatic heterocycles. The Labute approximate surface area is 122 Å². The van der Waals surface area contributed by atoms with Gasteiger partial charge in [-0.2, -0.15) is 0 Å². The molecular weight excluding hydrogens is 276 g/mol. The summed E-state index contributed by atoms with van der Waals surface area (Å²) in [6.45, 7) is 2.02. The Bertz CT molecular complexity index is 609. The van der Waals surface area contributed by atoms with Crippen LogP contribution in [0.1, 0.15) is 25.3 Å². The van der Waals surface area contributed by atoms with Gasteiger partial charge in [0.25, 0.3) is 0 Å². The molecule has 0 radical (unpaired) electrons. The second-order valence-electron chi connectivity index (χ2n) is 4.98. The average Bonchev–Trinajstić information content (AvgIpc) is 3.08. The number of ether oxygens (including phenoxy) is 1. The summed E-state index contributed by atoms with van der Waals surface area (Å²) in [5, 5.41) is 0.646. The van der Waals surface area contributed by atoms with Crippen molar-refractivity contribution in [2.45, 2.75) is 31.4 Å². The van der Waals surface area contributed by atoms with Crippen molar-refractivity contribution in [3.8, 4) is 0 Å². The van der Waals surface area contributed by atoms with E-state index in [1.807, 2.05) is 23.6 Å². The van der Waals surface area contributed by atoms with Gasteiger partial charge in [0.15, 0.2) is 5.54 Å². The SMILES string of the molecule is CCC1CC(c2ccc(Cl)cc2)(n2ccnc2)C(=O)O1. The second-order valence-corrected chi connectivity index (χ2v) is 5.41. The normalized spacial score (nSPS) is 25.7. The van der Waals surface area contributed by atoms with E-state index in [9.17, 15) is 4.79 Å². The van der Waals surface area contributed by atoms with E-state index in [0.717, 1.165) is 12.0 Å². The van der Waals surface area contributed by atoms with Crippen molar-refractivity contribution in [3.63, 3.8) is 0 Å². The van der Waals surface area contributed by atoms with Crippen LogP contribution in [-0.4, -0.2) is 21.6 Å². The molecule has 1 aromatic carbocycles. The van der Waals surface area contributed by atoms with Crippen molar-refractivity contribution in [1.82, 2.24) is 9.55 Å². The van der Waals surface area contributed by atoms with Crippen LogP contribution in [-0.2, 0) is 15.1 Å². The number of carbonyl (C=O) groups excluding carboxylic acids is 1. The van der Waals surface area contributed by atoms with Gasteiger partial charge >= 0.3 is 5.97 Å². The van der Waals surface area contributed by atoms with Gasteiger partial charge in [-0.15, -0.1) is 0 Å². The summed E-state index contributed by atoms with van der Waals surface area (Å²) in [5.41, 5.74) is 0.0442. The fourth-order valence-corrected chi connectivity index (χ4v) is 2.86. The first-order valence-corrected chi connectivity index (χ1v) is 7.00. The number of hydrogen-bond donors (Lipinski definition) is 0. The molecule has 2 aromatic rings. The third-order valence-corrected chi connectivity index (χ3v) is 4.11. The molecule has 0 N–H and O–H groups in total. The minimum atomic E-state index is -0.832. The van der Waals surface area contributed by atoms with E-state index in [4.69, 9.17) is 16.3 Å². The molecule has 1 aliphatic rings. The Morgan fingerprint density at radius 1 is 1.45 bits per heavy atom. The fraction of sp³-hybridized carbons (Fsp3) is 0.333. The lowest BCUT2D eigenvalue weighted by Crippen LogP contribution is -2.38. The second kappa shape index (κ2) is 4.94. The largest absolute Gasteiger partial charge is 0.460 e. The summed E-state index contributed by atoms with van der Waals surface area (Å²) in [6, 6.07) is 7.34. The third-order valence-electron chi connectivity index (χ3n) is 3.86. The van der Waals surface area contributed by atoms with Crippen molar-refractivity contribution in [2.75, 3.05) is 0 Å². The zero-order valence-electron chi connectivity index (χ0n) is 11.1. The lowest BCUT2D eigenvalue weighted by atomic mass is 9.86. The smallest absolute Gasteiger partial charge is 0.337 e. The van der Waals surface area contributed by atoms with Crippen molar-refractivity contribution in [1.29, 1.82) is 0 Å². The van der Waals surface area contributed by atoms with E-state index in [2.05, 4.69) is 4.98 Å². The van der Waals surface area contributed by atoms with Crippen LogP contribution in [0.25, 0.3) is 0 Å². The van der Waals surface area contributed by atoms with Crippen molar-refractivity contribution >= 4 is 17.6 Å². The Hall–Kier alpha value is -1.81. The monoisotopic (exact) mass is 290 g/mol. The number of esters is 1. The number of halogens is 1. The molecule has 0 amide bonds. The Morgan fingerprint density at radius 3 is 2.75 bits per heavy atom. The standard InChI is InChI=1S/C15H15ClN2O2/c1-2-13-9-15(14(19)20-13,18-8-7-17-10-18)11-3-5-12(16)6-4-11/h3-8,10,13H,2,9H2,1H3. The Morgan fingerprint density at radius 2 is 2.20 bits per heavy atom. The lowest BCUT2D eigenvalue weighted by molar-refractivity contribution is -0.146. The van der Waals surface area contributed by atoms with Gasteiger partial charge in [0.1, 0.15) is 6.10 Å². The van der Waals surface area contributed by atoms with Gasteiger partial charge in [-0.25, -0.2) is 9.78 Å². The number of benzene rings is 1. The molecule has 0 saturated carbocycles. The highest BCUT2D eigenvalue weighted by molar-refractivity contribution is 6.30. The van der Waals surface area contributed by atoms with E-state index in [1.165, 1.54) is 0 Å². The van der Waals surface area contributed by atoms with Gasteiger partial charge in [-0.3, -0.25) is 0 Å². The maximum absolute atomic E-state index is 12.5. The maximum atomic E-state index is 12.5. The highest BCUT2D eigenvalue weighted by atomic mass is 35.5. The van der Waals surface area contributed by atoms with Gasteiger partial charge < -0.3 is 9.30 Å². The summed E-state index contributed by atoms with van der Waals surface area (Å²) in [5.74, 6) is -0.232. The zero-order valence-corrected chi connectivity index (χ0v) is 11.9. The first kappa shape index (κ1) is 13.2. The maximum Gasteiger partial charge on any atom is 0.337 e. The van der Waals surface area contributed by atoms with Crippen LogP contribution in [0.15, 0.2) is 43.0 Å². The van der Waals surface area contributed by atoms with Crippen LogP contribution in [0, 0.1) is 0 Å². The molecule has 0 bridgehead atoms. The van der Waals surface area contributed by atoms with Crippen LogP contribution in [0.3, 0.4) is 0 Å². The average molecular weight is 291 g/mol. The molecule has 2 atom stereocenters. The molecular formula is C15H15ClN2O2. The predicted molar refractivity (Wildman–Crippen MR) is 75.5 cm³/mol. The summed E-state index contributed by atoms with van der Waals surface area (Å²) in [7, 11) is 0. The fourth-order valence-electron chi connectivity index (χ4n) is 2.74. The molecule has 5 heteroatoms. The molecule has 0 spiro atoms. The number of aromatic nitrogens is 2. The van der Waals surface area contributed by atoms with E-state index in [-0.39, 0.29) is 12.1 Å². The van der Waals surface area contributed by atoms with Gasteiger partial charge in [0.05, 0.1) is 6.33 Å². The predicted octanol–water partition coefficient (Wildman–Crippen LogP) is 3.01. The minimum absolute atomic E-state index is 0.0689. The van der Waals surface area contributed by atoms with Gasteiger partial charge in [-0.05, 0) is 24.1 Å². The Kier molecular flexibility index (Phi) is 3.26. The molecule has 3 rings (SSSR count). The number of cyclic esters (lactones) is 1. The number of carbonyl (C=O) groups is 1. The van der Waals surface area contributed by atoms with E-state index < -0.39 is 5.54 Å². The molecule has 1 aromatic heterocycles. The summed E-state index contributed by atoms with van der Waals surface area (Å²) in [4.78, 5) is 16.6. The molecule has 2 unspecified atom stereocenters. The van der Waals surface area contributed by atoms with E-state index in [0.29, 0.717) is 11.4 Å². The zero-order chi connectivity index (χ0) is 14.2. The molecule has 4 nitrogen and oxygen atoms in total. The van der Waals surface area contributed by atoms with E-state index in [1.54, 1.807) is 30.9 Å². The third kappa shape index (κ3) is 1.91. The minimum Gasteiger partial charge on any atom is -0.460 e. The molecule has 104 valence electrons. The Balaban J connectivity index is 2.14. The number of rotatable bonds is 3. The number of imidazole rings is 1. The van der Waals surface area contributed by atoms with Crippen LogP contribution < -0.4 is 0 Å². The van der Waals surface area contributed by atoms with Gasteiger partial charge in [0.2, 0.25) is 0 Å². The quantitative estimate of drug-likeness (QED) is 0.816. The van der Waals surface area contributed by atoms with Crippen LogP contribution in [0.5, 0.6) is 0 Å². The molecule has 0 aliphatic carbocycles. The molecule has 20 heavy (non-hydrogen) atoms. The highest BCUT2D eigenvalue weighted by Gasteiger charge is 2.51. The van der Waals surface area contributed by atoms with Crippen molar-refractivity contribution in [2.24, 2.45) is 0 Å². The van der Waals surface area contributed by atoms with Gasteiger partial charge in [-0.1, -0.05) is 30.7 Å². The first-order valence-electron chi connectivity index (χ1n) is 6.62. The van der Waals surface area contributed by atoms with Crippen LogP contribution in [0.2, 0.25) is 5.02 Å².